The lowest BCUT2D eigenvalue weighted by molar-refractivity contribution is 0.0599. The number of aryl methyl sites for hydroxylation is 1. The fourth-order valence-corrected chi connectivity index (χ4v) is 3.86. The largest absolute Gasteiger partial charge is 0.448 e. The first-order valence-electron chi connectivity index (χ1n) is 8.42. The summed E-state index contributed by atoms with van der Waals surface area (Å²) in [6.45, 7) is 2.45. The van der Waals surface area contributed by atoms with Gasteiger partial charge in [0.25, 0.3) is 5.91 Å². The van der Waals surface area contributed by atoms with Crippen molar-refractivity contribution >= 4 is 28.2 Å². The molecule has 1 amide bonds. The number of thiazole rings is 1. The third-order valence-corrected chi connectivity index (χ3v) is 5.15. The number of hydrogen-bond acceptors (Lipinski definition) is 8. The third-order valence-electron chi connectivity index (χ3n) is 4.37. The Labute approximate surface area is 154 Å². The van der Waals surface area contributed by atoms with Gasteiger partial charge in [-0.1, -0.05) is 0 Å². The number of carbonyl (C=O) groups excluding carboxylic acids is 1. The molecular weight excluding hydrogens is 352 g/mol. The van der Waals surface area contributed by atoms with Gasteiger partial charge >= 0.3 is 0 Å². The first kappa shape index (κ1) is 16.6. The van der Waals surface area contributed by atoms with E-state index in [1.807, 2.05) is 10.3 Å². The Morgan fingerprint density at radius 1 is 1.35 bits per heavy atom. The molecule has 1 aliphatic rings. The second-order valence-corrected chi connectivity index (χ2v) is 6.92. The number of nitrogens with one attached hydrogen (secondary N) is 1. The van der Waals surface area contributed by atoms with Crippen molar-refractivity contribution in [3.05, 3.63) is 47.5 Å². The summed E-state index contributed by atoms with van der Waals surface area (Å²) in [6, 6.07) is -0.0546. The van der Waals surface area contributed by atoms with Gasteiger partial charge in [0.15, 0.2) is 23.0 Å². The molecule has 1 fully saturated rings. The number of aromatic nitrogens is 4. The molecule has 3 aromatic heterocycles. The molecule has 8 nitrogen and oxygen atoms in total. The Morgan fingerprint density at radius 3 is 3.04 bits per heavy atom. The molecular formula is C17H18N6O2S. The predicted molar refractivity (Wildman–Crippen MR) is 96.3 cm³/mol. The molecule has 1 atom stereocenters. The van der Waals surface area contributed by atoms with Crippen LogP contribution in [0.1, 0.15) is 47.2 Å². The fourth-order valence-electron chi connectivity index (χ4n) is 3.10. The lowest BCUT2D eigenvalue weighted by Gasteiger charge is -2.34. The molecule has 0 saturated carbocycles. The van der Waals surface area contributed by atoms with E-state index in [4.69, 9.17) is 4.42 Å². The van der Waals surface area contributed by atoms with Gasteiger partial charge in [-0.2, -0.15) is 0 Å². The van der Waals surface area contributed by atoms with E-state index in [-0.39, 0.29) is 11.9 Å². The molecule has 3 aromatic rings. The van der Waals surface area contributed by atoms with Gasteiger partial charge in [0, 0.05) is 24.3 Å². The van der Waals surface area contributed by atoms with E-state index in [2.05, 4.69) is 25.3 Å². The van der Waals surface area contributed by atoms with Gasteiger partial charge < -0.3 is 14.6 Å². The maximum Gasteiger partial charge on any atom is 0.276 e. The minimum Gasteiger partial charge on any atom is -0.448 e. The molecule has 0 spiro atoms. The Kier molecular flexibility index (Phi) is 4.61. The van der Waals surface area contributed by atoms with Crippen LogP contribution in [0.15, 0.2) is 34.8 Å². The van der Waals surface area contributed by atoms with E-state index < -0.39 is 0 Å². The van der Waals surface area contributed by atoms with Crippen LogP contribution in [0.4, 0.5) is 10.9 Å². The van der Waals surface area contributed by atoms with Crippen LogP contribution in [0.2, 0.25) is 0 Å². The van der Waals surface area contributed by atoms with E-state index in [0.717, 1.165) is 30.1 Å². The van der Waals surface area contributed by atoms with Crippen molar-refractivity contribution in [1.29, 1.82) is 0 Å². The van der Waals surface area contributed by atoms with Crippen molar-refractivity contribution in [3.8, 4) is 0 Å². The molecule has 9 heteroatoms. The van der Waals surface area contributed by atoms with Crippen molar-refractivity contribution in [2.24, 2.45) is 0 Å². The van der Waals surface area contributed by atoms with Crippen molar-refractivity contribution in [2.45, 2.75) is 32.2 Å². The van der Waals surface area contributed by atoms with Crippen LogP contribution in [-0.4, -0.2) is 37.3 Å². The Bertz CT molecular complexity index is 894. The Morgan fingerprint density at radius 2 is 2.27 bits per heavy atom. The fraction of sp³-hybridized carbons (Fsp3) is 0.353. The number of amides is 1. The maximum atomic E-state index is 12.9. The second kappa shape index (κ2) is 7.20. The molecule has 4 heterocycles. The van der Waals surface area contributed by atoms with Crippen molar-refractivity contribution in [3.63, 3.8) is 0 Å². The minimum absolute atomic E-state index is 0.0546. The molecule has 4 rings (SSSR count). The summed E-state index contributed by atoms with van der Waals surface area (Å²) in [5, 5.41) is 5.87. The Hall–Kier alpha value is -2.81. The number of likely N-dealkylation sites (tertiary alicyclic amines) is 1. The van der Waals surface area contributed by atoms with E-state index in [1.54, 1.807) is 25.5 Å². The summed E-state index contributed by atoms with van der Waals surface area (Å²) in [6.07, 6.45) is 9.13. The second-order valence-electron chi connectivity index (χ2n) is 6.06. The van der Waals surface area contributed by atoms with Gasteiger partial charge in [0.2, 0.25) is 0 Å². The molecule has 1 saturated heterocycles. The van der Waals surface area contributed by atoms with Gasteiger partial charge in [-0.25, -0.2) is 15.0 Å². The zero-order valence-corrected chi connectivity index (χ0v) is 15.1. The minimum atomic E-state index is -0.0996. The van der Waals surface area contributed by atoms with Crippen molar-refractivity contribution in [2.75, 3.05) is 11.9 Å². The molecule has 26 heavy (non-hydrogen) atoms. The number of hydrogen-bond donors (Lipinski definition) is 1. The van der Waals surface area contributed by atoms with Crippen LogP contribution in [0.5, 0.6) is 0 Å². The standard InChI is InChI=1S/C17H18N6O2S/c1-11-15(20-10-25-11)16(24)23-7-3-2-4-13(23)12-9-26-17(21-12)22-14-8-18-5-6-19-14/h5-6,8-10,13H,2-4,7H2,1H3,(H,19,21,22)/t13-/m1/s1. The average Bonchev–Trinajstić information content (AvgIpc) is 3.31. The molecule has 1 aliphatic heterocycles. The molecule has 0 bridgehead atoms. The van der Waals surface area contributed by atoms with E-state index in [9.17, 15) is 4.79 Å². The lowest BCUT2D eigenvalue weighted by Crippen LogP contribution is -2.39. The molecule has 0 unspecified atom stereocenters. The molecule has 1 N–H and O–H groups in total. The molecule has 0 aromatic carbocycles. The van der Waals surface area contributed by atoms with Crippen LogP contribution in [-0.2, 0) is 0 Å². The number of carbonyl (C=O) groups is 1. The first-order chi connectivity index (χ1) is 12.7. The third kappa shape index (κ3) is 3.30. The van der Waals surface area contributed by atoms with E-state index in [0.29, 0.717) is 23.8 Å². The summed E-state index contributed by atoms with van der Waals surface area (Å²) in [7, 11) is 0. The van der Waals surface area contributed by atoms with Gasteiger partial charge in [-0.3, -0.25) is 9.78 Å². The SMILES string of the molecule is Cc1ocnc1C(=O)N1CCCC[C@@H]1c1csc(Nc2cnccn2)n1. The summed E-state index contributed by atoms with van der Waals surface area (Å²) >= 11 is 1.49. The van der Waals surface area contributed by atoms with Crippen molar-refractivity contribution < 1.29 is 9.21 Å². The highest BCUT2D eigenvalue weighted by Gasteiger charge is 2.32. The summed E-state index contributed by atoms with van der Waals surface area (Å²) in [4.78, 5) is 31.7. The average molecular weight is 370 g/mol. The summed E-state index contributed by atoms with van der Waals surface area (Å²) in [5.41, 5.74) is 1.26. The summed E-state index contributed by atoms with van der Waals surface area (Å²) < 4.78 is 5.19. The highest BCUT2D eigenvalue weighted by molar-refractivity contribution is 7.13. The number of anilines is 2. The van der Waals surface area contributed by atoms with E-state index >= 15 is 0 Å². The van der Waals surface area contributed by atoms with E-state index in [1.165, 1.54) is 17.7 Å². The molecule has 0 radical (unpaired) electrons. The van der Waals surface area contributed by atoms with Crippen molar-refractivity contribution in [1.82, 2.24) is 24.8 Å². The topological polar surface area (TPSA) is 97.0 Å². The monoisotopic (exact) mass is 370 g/mol. The molecule has 0 aliphatic carbocycles. The molecule has 134 valence electrons. The quantitative estimate of drug-likeness (QED) is 0.752. The van der Waals surface area contributed by atoms with Gasteiger partial charge in [0.1, 0.15) is 5.76 Å². The van der Waals surface area contributed by atoms with Gasteiger partial charge in [0.05, 0.1) is 17.9 Å². The van der Waals surface area contributed by atoms with Crippen LogP contribution in [0, 0.1) is 6.92 Å². The van der Waals surface area contributed by atoms with Gasteiger partial charge in [-0.15, -0.1) is 11.3 Å². The predicted octanol–water partition coefficient (Wildman–Crippen LogP) is 3.34. The number of piperidine rings is 1. The number of oxazole rings is 1. The van der Waals surface area contributed by atoms with Crippen LogP contribution >= 0.6 is 11.3 Å². The zero-order chi connectivity index (χ0) is 17.9. The maximum absolute atomic E-state index is 12.9. The normalized spacial score (nSPS) is 17.3. The number of rotatable bonds is 4. The smallest absolute Gasteiger partial charge is 0.276 e. The number of nitrogens with zero attached hydrogens (tertiary/aromatic N) is 5. The lowest BCUT2D eigenvalue weighted by atomic mass is 9.99. The highest BCUT2D eigenvalue weighted by Crippen LogP contribution is 2.34. The highest BCUT2D eigenvalue weighted by atomic mass is 32.1. The zero-order valence-electron chi connectivity index (χ0n) is 14.3. The Balaban J connectivity index is 1.55. The van der Waals surface area contributed by atoms with Crippen LogP contribution in [0.3, 0.4) is 0 Å². The first-order valence-corrected chi connectivity index (χ1v) is 9.30. The summed E-state index contributed by atoms with van der Waals surface area (Å²) in [5.74, 6) is 1.09. The van der Waals surface area contributed by atoms with Crippen LogP contribution in [0.25, 0.3) is 0 Å². The van der Waals surface area contributed by atoms with Gasteiger partial charge in [-0.05, 0) is 26.2 Å². The van der Waals surface area contributed by atoms with Crippen LogP contribution < -0.4 is 5.32 Å².